The van der Waals surface area contributed by atoms with Crippen molar-refractivity contribution in [2.45, 2.75) is 6.54 Å². The van der Waals surface area contributed by atoms with Gasteiger partial charge in [0.05, 0.1) is 0 Å². The van der Waals surface area contributed by atoms with Gasteiger partial charge >= 0.3 is 0 Å². The van der Waals surface area contributed by atoms with Crippen LogP contribution in [-0.2, 0) is 6.54 Å². The second kappa shape index (κ2) is 2.93. The fourth-order valence-corrected chi connectivity index (χ4v) is 0.839. The molecule has 0 amide bonds. The van der Waals surface area contributed by atoms with E-state index in [1.807, 2.05) is 0 Å². The molecule has 0 fully saturated rings. The first-order chi connectivity index (χ1) is 5.22. The number of benzene rings is 1. The second-order valence-corrected chi connectivity index (χ2v) is 2.17. The molecule has 2 N–H and O–H groups in total. The third-order valence-corrected chi connectivity index (χ3v) is 1.22. The van der Waals surface area contributed by atoms with Gasteiger partial charge < -0.3 is 15.1 Å². The van der Waals surface area contributed by atoms with Crippen LogP contribution in [0.1, 0.15) is 5.56 Å². The minimum absolute atomic E-state index is 0.0105. The predicted octanol–water partition coefficient (Wildman–Crippen LogP) is 1.52. The summed E-state index contributed by atoms with van der Waals surface area (Å²) in [5.41, 5.74) is 0.623. The van der Waals surface area contributed by atoms with Gasteiger partial charge in [-0.15, -0.1) is 0 Å². The number of phenolic OH excluding ortho intramolecular Hbond substituents is 2. The Morgan fingerprint density at radius 1 is 1.18 bits per heavy atom. The lowest BCUT2D eigenvalue weighted by atomic mass is 10.2. The average molecular weight is 149 g/mol. The van der Waals surface area contributed by atoms with Gasteiger partial charge in [0.15, 0.2) is 0 Å². The second-order valence-electron chi connectivity index (χ2n) is 2.17. The molecule has 0 bridgehead atoms. The molecule has 0 saturated heterocycles. The minimum atomic E-state index is -0.0105. The number of nitrogens with zero attached hydrogens (tertiary/aromatic N) is 1. The van der Waals surface area contributed by atoms with Crippen molar-refractivity contribution in [1.29, 1.82) is 0 Å². The zero-order chi connectivity index (χ0) is 8.27. The van der Waals surface area contributed by atoms with Crippen molar-refractivity contribution in [1.82, 2.24) is 0 Å². The first kappa shape index (κ1) is 7.42. The van der Waals surface area contributed by atoms with Crippen molar-refractivity contribution >= 4 is 0 Å². The van der Waals surface area contributed by atoms with Crippen LogP contribution in [0.25, 0.3) is 4.85 Å². The van der Waals surface area contributed by atoms with Crippen LogP contribution < -0.4 is 0 Å². The van der Waals surface area contributed by atoms with E-state index in [1.54, 1.807) is 0 Å². The summed E-state index contributed by atoms with van der Waals surface area (Å²) >= 11 is 0. The Morgan fingerprint density at radius 2 is 1.73 bits per heavy atom. The molecule has 0 aromatic heterocycles. The highest BCUT2D eigenvalue weighted by atomic mass is 16.3. The monoisotopic (exact) mass is 149 g/mol. The minimum Gasteiger partial charge on any atom is -0.508 e. The Kier molecular flexibility index (Phi) is 1.98. The van der Waals surface area contributed by atoms with Crippen LogP contribution in [0, 0.1) is 6.57 Å². The van der Waals surface area contributed by atoms with Crippen LogP contribution in [0.15, 0.2) is 18.2 Å². The summed E-state index contributed by atoms with van der Waals surface area (Å²) in [7, 11) is 0. The Morgan fingerprint density at radius 3 is 2.18 bits per heavy atom. The molecule has 0 spiro atoms. The van der Waals surface area contributed by atoms with E-state index in [0.717, 1.165) is 0 Å². The maximum Gasteiger partial charge on any atom is 0.240 e. The molecule has 1 aromatic carbocycles. The van der Waals surface area contributed by atoms with Crippen LogP contribution in [-0.4, -0.2) is 10.2 Å². The Hall–Kier alpha value is -1.69. The number of aromatic hydroxyl groups is 2. The average Bonchev–Trinajstić information content (AvgIpc) is 1.85. The summed E-state index contributed by atoms with van der Waals surface area (Å²) in [4.78, 5) is 3.12. The first-order valence-electron chi connectivity index (χ1n) is 3.07. The topological polar surface area (TPSA) is 44.8 Å². The maximum absolute atomic E-state index is 8.96. The van der Waals surface area contributed by atoms with Crippen LogP contribution in [0.5, 0.6) is 11.5 Å². The lowest BCUT2D eigenvalue weighted by Crippen LogP contribution is -1.78. The summed E-state index contributed by atoms with van der Waals surface area (Å²) in [6.07, 6.45) is 0. The van der Waals surface area contributed by atoms with Crippen molar-refractivity contribution in [3.05, 3.63) is 35.2 Å². The van der Waals surface area contributed by atoms with Crippen LogP contribution in [0.4, 0.5) is 0 Å². The zero-order valence-electron chi connectivity index (χ0n) is 5.78. The fraction of sp³-hybridized carbons (Fsp3) is 0.125. The Labute approximate surface area is 64.4 Å². The zero-order valence-corrected chi connectivity index (χ0v) is 5.78. The van der Waals surface area contributed by atoms with Gasteiger partial charge in [0.1, 0.15) is 11.5 Å². The summed E-state index contributed by atoms with van der Waals surface area (Å²) in [5.74, 6) is -0.0210. The van der Waals surface area contributed by atoms with Gasteiger partial charge in [0.2, 0.25) is 6.54 Å². The molecule has 0 aliphatic heterocycles. The molecule has 0 saturated carbocycles. The fourth-order valence-electron chi connectivity index (χ4n) is 0.839. The SMILES string of the molecule is [C-]#[N+]Cc1cc(O)cc(O)c1. The van der Waals surface area contributed by atoms with E-state index in [9.17, 15) is 0 Å². The smallest absolute Gasteiger partial charge is 0.240 e. The van der Waals surface area contributed by atoms with Gasteiger partial charge in [-0.2, -0.15) is 0 Å². The molecule has 3 nitrogen and oxygen atoms in total. The van der Waals surface area contributed by atoms with E-state index in [0.29, 0.717) is 5.56 Å². The quantitative estimate of drug-likeness (QED) is 0.594. The molecule has 11 heavy (non-hydrogen) atoms. The molecule has 1 rings (SSSR count). The molecule has 0 radical (unpaired) electrons. The number of hydrogen-bond donors (Lipinski definition) is 2. The normalized spacial score (nSPS) is 9.00. The molecule has 3 heteroatoms. The standard InChI is InChI=1S/C8H7NO2/c1-9-5-6-2-7(10)4-8(11)3-6/h2-4,10-11H,5H2. The number of rotatable bonds is 1. The highest BCUT2D eigenvalue weighted by Crippen LogP contribution is 2.20. The third kappa shape index (κ3) is 1.87. The lowest BCUT2D eigenvalue weighted by molar-refractivity contribution is 0.449. The lowest BCUT2D eigenvalue weighted by Gasteiger charge is -1.95. The van der Waals surface area contributed by atoms with Crippen LogP contribution in [0.2, 0.25) is 0 Å². The largest absolute Gasteiger partial charge is 0.508 e. The molecule has 0 unspecified atom stereocenters. The molecule has 0 aliphatic carbocycles. The van der Waals surface area contributed by atoms with E-state index >= 15 is 0 Å². The highest BCUT2D eigenvalue weighted by molar-refractivity contribution is 5.36. The van der Waals surface area contributed by atoms with E-state index in [4.69, 9.17) is 16.8 Å². The van der Waals surface area contributed by atoms with E-state index in [1.165, 1.54) is 18.2 Å². The van der Waals surface area contributed by atoms with Gasteiger partial charge in [-0.05, 0) is 12.1 Å². The van der Waals surface area contributed by atoms with Gasteiger partial charge in [0.25, 0.3) is 0 Å². The van der Waals surface area contributed by atoms with E-state index in [-0.39, 0.29) is 18.0 Å². The van der Waals surface area contributed by atoms with Crippen LogP contribution in [0.3, 0.4) is 0 Å². The molecule has 1 aromatic rings. The molecule has 56 valence electrons. The van der Waals surface area contributed by atoms with Crippen molar-refractivity contribution in [2.75, 3.05) is 0 Å². The van der Waals surface area contributed by atoms with E-state index in [2.05, 4.69) is 4.85 Å². The molecule has 0 aliphatic rings. The molecule has 0 atom stereocenters. The summed E-state index contributed by atoms with van der Waals surface area (Å²) in [5, 5.41) is 17.9. The van der Waals surface area contributed by atoms with Crippen molar-refractivity contribution in [3.8, 4) is 11.5 Å². The maximum atomic E-state index is 8.96. The molecular formula is C8H7NO2. The van der Waals surface area contributed by atoms with Crippen molar-refractivity contribution < 1.29 is 10.2 Å². The van der Waals surface area contributed by atoms with Crippen molar-refractivity contribution in [2.24, 2.45) is 0 Å². The van der Waals surface area contributed by atoms with Crippen LogP contribution >= 0.6 is 0 Å². The highest BCUT2D eigenvalue weighted by Gasteiger charge is 1.99. The van der Waals surface area contributed by atoms with Gasteiger partial charge in [-0.25, -0.2) is 6.57 Å². The third-order valence-electron chi connectivity index (χ3n) is 1.22. The van der Waals surface area contributed by atoms with Gasteiger partial charge in [0, 0.05) is 11.6 Å². The van der Waals surface area contributed by atoms with Gasteiger partial charge in [-0.1, -0.05) is 0 Å². The molecule has 0 heterocycles. The summed E-state index contributed by atoms with van der Waals surface area (Å²) in [6, 6.07) is 4.14. The Bertz CT molecular complexity index is 281. The van der Waals surface area contributed by atoms with E-state index < -0.39 is 0 Å². The number of hydrogen-bond acceptors (Lipinski definition) is 2. The summed E-state index contributed by atoms with van der Waals surface area (Å²) in [6.45, 7) is 6.73. The Balaban J connectivity index is 3.01. The van der Waals surface area contributed by atoms with Gasteiger partial charge in [-0.3, -0.25) is 0 Å². The van der Waals surface area contributed by atoms with Crippen molar-refractivity contribution in [3.63, 3.8) is 0 Å². The molecular weight excluding hydrogens is 142 g/mol. The number of phenols is 2. The first-order valence-corrected chi connectivity index (χ1v) is 3.07. The predicted molar refractivity (Wildman–Crippen MR) is 40.1 cm³/mol. The summed E-state index contributed by atoms with van der Waals surface area (Å²) < 4.78 is 0.